The lowest BCUT2D eigenvalue weighted by atomic mass is 10.1. The summed E-state index contributed by atoms with van der Waals surface area (Å²) in [5.41, 5.74) is -2.52. The smallest absolute Gasteiger partial charge is 0.352 e. The fourth-order valence-electron chi connectivity index (χ4n) is 3.64. The van der Waals surface area contributed by atoms with E-state index in [1.54, 1.807) is 25.1 Å². The summed E-state index contributed by atoms with van der Waals surface area (Å²) in [4.78, 5) is 39.4. The summed E-state index contributed by atoms with van der Waals surface area (Å²) in [6.07, 6.45) is -2.64. The Balaban J connectivity index is 1.99. The van der Waals surface area contributed by atoms with E-state index < -0.39 is 29.0 Å². The molecule has 6 nitrogen and oxygen atoms in total. The molecule has 1 unspecified atom stereocenters. The third-order valence-corrected chi connectivity index (χ3v) is 5.35. The number of carbonyl (C=O) groups is 1. The van der Waals surface area contributed by atoms with E-state index in [4.69, 9.17) is 0 Å². The summed E-state index contributed by atoms with van der Waals surface area (Å²) in [5, 5.41) is 3.00. The summed E-state index contributed by atoms with van der Waals surface area (Å²) < 4.78 is 41.5. The third-order valence-electron chi connectivity index (χ3n) is 5.35. The second kappa shape index (κ2) is 7.72. The lowest BCUT2D eigenvalue weighted by Crippen LogP contribution is -2.44. The number of halogens is 3. The highest BCUT2D eigenvalue weighted by Crippen LogP contribution is 2.30. The highest BCUT2D eigenvalue weighted by atomic mass is 19.4. The molecule has 1 amide bonds. The van der Waals surface area contributed by atoms with E-state index in [1.807, 2.05) is 0 Å². The van der Waals surface area contributed by atoms with Crippen LogP contribution in [0.25, 0.3) is 16.6 Å². The van der Waals surface area contributed by atoms with Gasteiger partial charge < -0.3 is 5.32 Å². The lowest BCUT2D eigenvalue weighted by Gasteiger charge is -2.21. The monoisotopic (exact) mass is 431 g/mol. The van der Waals surface area contributed by atoms with Gasteiger partial charge in [0.2, 0.25) is 5.91 Å². The number of hydrogen-bond donors (Lipinski definition) is 1. The Morgan fingerprint density at radius 3 is 2.48 bits per heavy atom. The molecular formula is C22H20F3N3O3. The summed E-state index contributed by atoms with van der Waals surface area (Å²) in [7, 11) is 0. The van der Waals surface area contributed by atoms with Crippen molar-refractivity contribution in [1.29, 1.82) is 0 Å². The Hall–Kier alpha value is -3.36. The highest BCUT2D eigenvalue weighted by molar-refractivity contribution is 5.85. The molecule has 0 radical (unpaired) electrons. The van der Waals surface area contributed by atoms with Gasteiger partial charge in [0, 0.05) is 6.04 Å². The van der Waals surface area contributed by atoms with Gasteiger partial charge in [0.1, 0.15) is 6.04 Å². The number of fused-ring (bicyclic) bond motifs is 1. The van der Waals surface area contributed by atoms with E-state index in [-0.39, 0.29) is 35.0 Å². The van der Waals surface area contributed by atoms with Crippen LogP contribution >= 0.6 is 0 Å². The Morgan fingerprint density at radius 1 is 1.13 bits per heavy atom. The van der Waals surface area contributed by atoms with Crippen molar-refractivity contribution in [3.8, 4) is 5.69 Å². The van der Waals surface area contributed by atoms with E-state index in [0.717, 1.165) is 31.0 Å². The SMILES string of the molecule is CCC(C(=O)NC1CC1)n1c(=O)n(-c2cccc(C(F)(F)F)c2)c(=O)c2ccccc21. The Bertz CT molecular complexity index is 1270. The van der Waals surface area contributed by atoms with Gasteiger partial charge in [-0.05, 0) is 49.6 Å². The molecule has 0 bridgehead atoms. The number of nitrogens with zero attached hydrogens (tertiary/aromatic N) is 2. The predicted molar refractivity (Wildman–Crippen MR) is 109 cm³/mol. The topological polar surface area (TPSA) is 73.1 Å². The van der Waals surface area contributed by atoms with Gasteiger partial charge in [-0.3, -0.25) is 14.2 Å². The van der Waals surface area contributed by atoms with Crippen molar-refractivity contribution in [2.24, 2.45) is 0 Å². The number of nitrogens with one attached hydrogen (secondary N) is 1. The zero-order valence-electron chi connectivity index (χ0n) is 16.6. The molecule has 3 aromatic rings. The van der Waals surface area contributed by atoms with Crippen LogP contribution in [0.4, 0.5) is 13.2 Å². The molecule has 31 heavy (non-hydrogen) atoms. The lowest BCUT2D eigenvalue weighted by molar-refractivity contribution is -0.137. The van der Waals surface area contributed by atoms with Crippen LogP contribution in [0.15, 0.2) is 58.1 Å². The number of aromatic nitrogens is 2. The maximum absolute atomic E-state index is 13.4. The summed E-state index contributed by atoms with van der Waals surface area (Å²) >= 11 is 0. The van der Waals surface area contributed by atoms with E-state index in [1.165, 1.54) is 16.7 Å². The molecule has 1 aliphatic rings. The molecular weight excluding hydrogens is 411 g/mol. The summed E-state index contributed by atoms with van der Waals surface area (Å²) in [5.74, 6) is -0.355. The number of benzene rings is 2. The molecule has 1 aliphatic carbocycles. The van der Waals surface area contributed by atoms with Crippen molar-refractivity contribution >= 4 is 16.8 Å². The molecule has 162 valence electrons. The van der Waals surface area contributed by atoms with Crippen molar-refractivity contribution in [1.82, 2.24) is 14.5 Å². The van der Waals surface area contributed by atoms with Gasteiger partial charge in [0.05, 0.1) is 22.2 Å². The minimum atomic E-state index is -4.63. The zero-order valence-corrected chi connectivity index (χ0v) is 16.6. The second-order valence-corrected chi connectivity index (χ2v) is 7.57. The molecule has 1 atom stereocenters. The van der Waals surface area contributed by atoms with Gasteiger partial charge in [-0.2, -0.15) is 13.2 Å². The van der Waals surface area contributed by atoms with Gasteiger partial charge in [-0.25, -0.2) is 9.36 Å². The zero-order chi connectivity index (χ0) is 22.3. The molecule has 2 aromatic carbocycles. The van der Waals surface area contributed by atoms with E-state index >= 15 is 0 Å². The van der Waals surface area contributed by atoms with Crippen LogP contribution in [0.5, 0.6) is 0 Å². The number of para-hydroxylation sites is 1. The van der Waals surface area contributed by atoms with Gasteiger partial charge in [0.15, 0.2) is 0 Å². The Labute approximate surface area is 174 Å². The normalized spacial score (nSPS) is 15.1. The van der Waals surface area contributed by atoms with Crippen molar-refractivity contribution in [3.05, 3.63) is 74.9 Å². The Morgan fingerprint density at radius 2 is 1.84 bits per heavy atom. The number of hydrogen-bond acceptors (Lipinski definition) is 3. The molecule has 9 heteroatoms. The molecule has 1 N–H and O–H groups in total. The fourth-order valence-corrected chi connectivity index (χ4v) is 3.64. The number of amides is 1. The molecule has 1 saturated carbocycles. The largest absolute Gasteiger partial charge is 0.416 e. The first-order valence-electron chi connectivity index (χ1n) is 9.96. The van der Waals surface area contributed by atoms with E-state index in [9.17, 15) is 27.6 Å². The van der Waals surface area contributed by atoms with Crippen LogP contribution in [0.1, 0.15) is 37.8 Å². The Kier molecular flexibility index (Phi) is 5.20. The third kappa shape index (κ3) is 3.87. The molecule has 4 rings (SSSR count). The van der Waals surface area contributed by atoms with Crippen LogP contribution in [0, 0.1) is 0 Å². The minimum absolute atomic E-state index is 0.0675. The standard InChI is InChI=1S/C22H20F3N3O3/c1-2-17(19(29)26-14-10-11-14)28-18-9-4-3-8-16(18)20(30)27(21(28)31)15-7-5-6-13(12-15)22(23,24)25/h3-9,12,14,17H,2,10-11H2,1H3,(H,26,29). The van der Waals surface area contributed by atoms with Crippen molar-refractivity contribution in [2.75, 3.05) is 0 Å². The van der Waals surface area contributed by atoms with Crippen molar-refractivity contribution < 1.29 is 18.0 Å². The van der Waals surface area contributed by atoms with Crippen LogP contribution in [0.3, 0.4) is 0 Å². The molecule has 1 heterocycles. The average molecular weight is 431 g/mol. The molecule has 0 aliphatic heterocycles. The number of carbonyl (C=O) groups excluding carboxylic acids is 1. The molecule has 0 spiro atoms. The average Bonchev–Trinajstić information content (AvgIpc) is 3.54. The first kappa shape index (κ1) is 20.9. The second-order valence-electron chi connectivity index (χ2n) is 7.57. The minimum Gasteiger partial charge on any atom is -0.352 e. The van der Waals surface area contributed by atoms with E-state index in [0.29, 0.717) is 4.57 Å². The van der Waals surface area contributed by atoms with Gasteiger partial charge in [-0.1, -0.05) is 25.1 Å². The predicted octanol–water partition coefficient (Wildman–Crippen LogP) is 3.40. The highest BCUT2D eigenvalue weighted by Gasteiger charge is 2.32. The molecule has 0 saturated heterocycles. The van der Waals surface area contributed by atoms with Gasteiger partial charge in [-0.15, -0.1) is 0 Å². The molecule has 1 aromatic heterocycles. The number of alkyl halides is 3. The first-order chi connectivity index (χ1) is 14.7. The number of rotatable bonds is 5. The van der Waals surface area contributed by atoms with E-state index in [2.05, 4.69) is 5.32 Å². The van der Waals surface area contributed by atoms with Crippen LogP contribution in [-0.4, -0.2) is 21.1 Å². The molecule has 1 fully saturated rings. The summed E-state index contributed by atoms with van der Waals surface area (Å²) in [6.45, 7) is 1.73. The maximum atomic E-state index is 13.4. The fraction of sp³-hybridized carbons (Fsp3) is 0.318. The van der Waals surface area contributed by atoms with Gasteiger partial charge in [0.25, 0.3) is 5.56 Å². The van der Waals surface area contributed by atoms with Crippen LogP contribution in [0.2, 0.25) is 0 Å². The quantitative estimate of drug-likeness (QED) is 0.673. The van der Waals surface area contributed by atoms with Crippen molar-refractivity contribution in [3.63, 3.8) is 0 Å². The summed E-state index contributed by atoms with van der Waals surface area (Å²) in [6, 6.07) is 9.47. The van der Waals surface area contributed by atoms with Gasteiger partial charge >= 0.3 is 11.9 Å². The first-order valence-corrected chi connectivity index (χ1v) is 9.96. The van der Waals surface area contributed by atoms with Crippen molar-refractivity contribution in [2.45, 2.75) is 44.4 Å². The van der Waals surface area contributed by atoms with Crippen LogP contribution in [-0.2, 0) is 11.0 Å². The van der Waals surface area contributed by atoms with Crippen LogP contribution < -0.4 is 16.6 Å². The maximum Gasteiger partial charge on any atom is 0.416 e.